The van der Waals surface area contributed by atoms with Crippen LogP contribution in [0.3, 0.4) is 0 Å². The van der Waals surface area contributed by atoms with Gasteiger partial charge in [0, 0.05) is 6.04 Å². The maximum absolute atomic E-state index is 5.45. The Morgan fingerprint density at radius 1 is 1.21 bits per heavy atom. The summed E-state index contributed by atoms with van der Waals surface area (Å²) in [6, 6.07) is 6.92. The molecule has 106 valence electrons. The average Bonchev–Trinajstić information content (AvgIpc) is 2.51. The number of benzene rings is 1. The molecular weight excluding hydrogens is 234 g/mol. The molecule has 2 heteroatoms. The highest BCUT2D eigenvalue weighted by molar-refractivity contribution is 5.58. The third-order valence-corrected chi connectivity index (χ3v) is 4.29. The molecule has 1 atom stereocenters. The van der Waals surface area contributed by atoms with E-state index in [1.807, 2.05) is 0 Å². The van der Waals surface area contributed by atoms with E-state index in [1.165, 1.54) is 37.7 Å². The standard InChI is InChI=1S/C17H27NO/c1-13-7-8-16(19-4)15(12-13)18-14-6-5-10-17(2,3)11-9-14/h7-8,12,14,18H,5-6,9-11H2,1-4H3. The molecule has 0 aromatic heterocycles. The Hall–Kier alpha value is -1.18. The SMILES string of the molecule is COc1ccc(C)cc1NC1CCCC(C)(C)CC1. The smallest absolute Gasteiger partial charge is 0.141 e. The van der Waals surface area contributed by atoms with E-state index in [-0.39, 0.29) is 0 Å². The Labute approximate surface area is 117 Å². The molecule has 0 radical (unpaired) electrons. The number of anilines is 1. The Bertz CT molecular complexity index is 425. The molecular formula is C17H27NO. The molecule has 2 rings (SSSR count). The number of hydrogen-bond donors (Lipinski definition) is 1. The predicted molar refractivity (Wildman–Crippen MR) is 82.0 cm³/mol. The molecule has 0 spiro atoms. The van der Waals surface area contributed by atoms with Crippen LogP contribution in [0, 0.1) is 12.3 Å². The van der Waals surface area contributed by atoms with Crippen LogP contribution in [0.1, 0.15) is 51.5 Å². The van der Waals surface area contributed by atoms with E-state index < -0.39 is 0 Å². The Morgan fingerprint density at radius 3 is 2.74 bits per heavy atom. The molecule has 1 fully saturated rings. The van der Waals surface area contributed by atoms with Gasteiger partial charge in [0.1, 0.15) is 5.75 Å². The van der Waals surface area contributed by atoms with Gasteiger partial charge in [0.15, 0.2) is 0 Å². The first-order chi connectivity index (χ1) is 9.00. The normalized spacial score (nSPS) is 22.6. The quantitative estimate of drug-likeness (QED) is 0.791. The first kappa shape index (κ1) is 14.2. The monoisotopic (exact) mass is 261 g/mol. The zero-order valence-corrected chi connectivity index (χ0v) is 12.8. The van der Waals surface area contributed by atoms with Crippen LogP contribution in [0.2, 0.25) is 0 Å². The van der Waals surface area contributed by atoms with Gasteiger partial charge in [0.2, 0.25) is 0 Å². The zero-order chi connectivity index (χ0) is 13.9. The lowest BCUT2D eigenvalue weighted by Gasteiger charge is -2.23. The summed E-state index contributed by atoms with van der Waals surface area (Å²) >= 11 is 0. The van der Waals surface area contributed by atoms with Crippen molar-refractivity contribution in [2.24, 2.45) is 5.41 Å². The van der Waals surface area contributed by atoms with Gasteiger partial charge < -0.3 is 10.1 Å². The largest absolute Gasteiger partial charge is 0.495 e. The minimum absolute atomic E-state index is 0.507. The van der Waals surface area contributed by atoms with Crippen molar-refractivity contribution >= 4 is 5.69 Å². The summed E-state index contributed by atoms with van der Waals surface area (Å²) in [5.74, 6) is 0.953. The van der Waals surface area contributed by atoms with Crippen molar-refractivity contribution < 1.29 is 4.74 Å². The van der Waals surface area contributed by atoms with Gasteiger partial charge >= 0.3 is 0 Å². The van der Waals surface area contributed by atoms with Crippen molar-refractivity contribution in [2.45, 2.75) is 58.9 Å². The lowest BCUT2D eigenvalue weighted by atomic mass is 9.85. The van der Waals surface area contributed by atoms with Gasteiger partial charge in [-0.25, -0.2) is 0 Å². The van der Waals surface area contributed by atoms with Crippen LogP contribution in [0.4, 0.5) is 5.69 Å². The van der Waals surface area contributed by atoms with E-state index in [0.29, 0.717) is 11.5 Å². The maximum atomic E-state index is 5.45. The summed E-state index contributed by atoms with van der Waals surface area (Å²) in [4.78, 5) is 0. The second-order valence-corrected chi connectivity index (χ2v) is 6.64. The van der Waals surface area contributed by atoms with E-state index in [4.69, 9.17) is 4.74 Å². The Kier molecular flexibility index (Phi) is 4.38. The number of nitrogens with one attached hydrogen (secondary N) is 1. The molecule has 0 bridgehead atoms. The highest BCUT2D eigenvalue weighted by atomic mass is 16.5. The first-order valence-corrected chi connectivity index (χ1v) is 7.41. The van der Waals surface area contributed by atoms with Gasteiger partial charge in [-0.3, -0.25) is 0 Å². The van der Waals surface area contributed by atoms with Crippen molar-refractivity contribution in [3.63, 3.8) is 0 Å². The zero-order valence-electron chi connectivity index (χ0n) is 12.8. The average molecular weight is 261 g/mol. The molecule has 1 aromatic carbocycles. The highest BCUT2D eigenvalue weighted by Gasteiger charge is 2.24. The van der Waals surface area contributed by atoms with Crippen molar-refractivity contribution in [3.05, 3.63) is 23.8 Å². The molecule has 0 amide bonds. The summed E-state index contributed by atoms with van der Waals surface area (Å²) in [6.45, 7) is 6.91. The third-order valence-electron chi connectivity index (χ3n) is 4.29. The van der Waals surface area contributed by atoms with E-state index >= 15 is 0 Å². The van der Waals surface area contributed by atoms with Crippen LogP contribution >= 0.6 is 0 Å². The topological polar surface area (TPSA) is 21.3 Å². The molecule has 1 aromatic rings. The lowest BCUT2D eigenvalue weighted by molar-refractivity contribution is 0.313. The number of aryl methyl sites for hydroxylation is 1. The van der Waals surface area contributed by atoms with Crippen molar-refractivity contribution in [3.8, 4) is 5.75 Å². The summed E-state index contributed by atoms with van der Waals surface area (Å²) in [5.41, 5.74) is 2.93. The molecule has 19 heavy (non-hydrogen) atoms. The maximum Gasteiger partial charge on any atom is 0.141 e. The van der Waals surface area contributed by atoms with E-state index in [9.17, 15) is 0 Å². The highest BCUT2D eigenvalue weighted by Crippen LogP contribution is 2.35. The van der Waals surface area contributed by atoms with Crippen LogP contribution < -0.4 is 10.1 Å². The molecule has 1 N–H and O–H groups in total. The van der Waals surface area contributed by atoms with E-state index in [1.54, 1.807) is 7.11 Å². The van der Waals surface area contributed by atoms with Crippen LogP contribution in [0.25, 0.3) is 0 Å². The number of methoxy groups -OCH3 is 1. The van der Waals surface area contributed by atoms with Crippen LogP contribution in [-0.4, -0.2) is 13.2 Å². The lowest BCUT2D eigenvalue weighted by Crippen LogP contribution is -2.19. The molecule has 1 aliphatic rings. The molecule has 0 saturated heterocycles. The molecule has 1 aliphatic carbocycles. The predicted octanol–water partition coefficient (Wildman–Crippen LogP) is 4.77. The van der Waals surface area contributed by atoms with Gasteiger partial charge in [-0.1, -0.05) is 26.3 Å². The fourth-order valence-corrected chi connectivity index (χ4v) is 2.96. The van der Waals surface area contributed by atoms with Gasteiger partial charge in [0.25, 0.3) is 0 Å². The molecule has 1 unspecified atom stereocenters. The summed E-state index contributed by atoms with van der Waals surface area (Å²) in [7, 11) is 1.74. The number of ether oxygens (including phenoxy) is 1. The molecule has 2 nitrogen and oxygen atoms in total. The van der Waals surface area contributed by atoms with Crippen LogP contribution in [0.5, 0.6) is 5.75 Å². The van der Waals surface area contributed by atoms with Crippen molar-refractivity contribution in [1.82, 2.24) is 0 Å². The van der Waals surface area contributed by atoms with Gasteiger partial charge in [-0.05, 0) is 55.7 Å². The van der Waals surface area contributed by atoms with Crippen LogP contribution in [-0.2, 0) is 0 Å². The minimum atomic E-state index is 0.507. The van der Waals surface area contributed by atoms with Gasteiger partial charge in [-0.15, -0.1) is 0 Å². The summed E-state index contributed by atoms with van der Waals surface area (Å²) < 4.78 is 5.45. The van der Waals surface area contributed by atoms with Gasteiger partial charge in [0.05, 0.1) is 12.8 Å². The molecule has 1 saturated carbocycles. The Balaban J connectivity index is 2.06. The fraction of sp³-hybridized carbons (Fsp3) is 0.647. The van der Waals surface area contributed by atoms with E-state index in [0.717, 1.165) is 11.4 Å². The number of hydrogen-bond acceptors (Lipinski definition) is 2. The fourth-order valence-electron chi connectivity index (χ4n) is 2.96. The van der Waals surface area contributed by atoms with E-state index in [2.05, 4.69) is 44.3 Å². The first-order valence-electron chi connectivity index (χ1n) is 7.41. The summed E-state index contributed by atoms with van der Waals surface area (Å²) in [5, 5.41) is 3.69. The molecule has 0 aliphatic heterocycles. The van der Waals surface area contributed by atoms with Gasteiger partial charge in [-0.2, -0.15) is 0 Å². The molecule has 0 heterocycles. The number of rotatable bonds is 3. The second-order valence-electron chi connectivity index (χ2n) is 6.64. The summed E-state index contributed by atoms with van der Waals surface area (Å²) in [6.07, 6.45) is 6.48. The van der Waals surface area contributed by atoms with Crippen LogP contribution in [0.15, 0.2) is 18.2 Å². The van der Waals surface area contributed by atoms with Crippen molar-refractivity contribution in [1.29, 1.82) is 0 Å². The van der Waals surface area contributed by atoms with Crippen molar-refractivity contribution in [2.75, 3.05) is 12.4 Å². The second kappa shape index (κ2) is 5.85. The third kappa shape index (κ3) is 3.89. The Morgan fingerprint density at radius 2 is 2.00 bits per heavy atom. The minimum Gasteiger partial charge on any atom is -0.495 e.